The molecule has 1 fully saturated rings. The van der Waals surface area contributed by atoms with E-state index in [0.29, 0.717) is 5.92 Å². The van der Waals surface area contributed by atoms with Crippen molar-refractivity contribution in [1.82, 2.24) is 5.43 Å². The van der Waals surface area contributed by atoms with Crippen LogP contribution in [0.3, 0.4) is 0 Å². The summed E-state index contributed by atoms with van der Waals surface area (Å²) in [6, 6.07) is 6.09. The number of hydrogen-bond donors (Lipinski definition) is 2. The first-order chi connectivity index (χ1) is 10.5. The van der Waals surface area contributed by atoms with Crippen molar-refractivity contribution in [3.8, 4) is 0 Å². The number of nitrogens with zero attached hydrogens (tertiary/aromatic N) is 1. The van der Waals surface area contributed by atoms with Crippen molar-refractivity contribution in [2.45, 2.75) is 32.6 Å². The molecule has 0 aromatic heterocycles. The van der Waals surface area contributed by atoms with Crippen LogP contribution in [0, 0.1) is 17.8 Å². The van der Waals surface area contributed by atoms with E-state index in [-0.39, 0.29) is 29.6 Å². The first kappa shape index (κ1) is 13.5. The van der Waals surface area contributed by atoms with Crippen molar-refractivity contribution in [2.75, 3.05) is 5.32 Å². The molecule has 4 atom stereocenters. The van der Waals surface area contributed by atoms with Crippen LogP contribution in [0.4, 0.5) is 5.69 Å². The van der Waals surface area contributed by atoms with Crippen molar-refractivity contribution >= 4 is 23.2 Å². The van der Waals surface area contributed by atoms with Gasteiger partial charge in [-0.25, -0.2) is 5.43 Å². The van der Waals surface area contributed by atoms with E-state index < -0.39 is 0 Å². The Morgan fingerprint density at radius 1 is 1.05 bits per heavy atom. The molecule has 0 saturated heterocycles. The highest BCUT2D eigenvalue weighted by molar-refractivity contribution is 6.10. The van der Waals surface area contributed by atoms with Crippen molar-refractivity contribution in [1.29, 1.82) is 0 Å². The van der Waals surface area contributed by atoms with Crippen LogP contribution in [-0.2, 0) is 9.59 Å². The molecule has 2 aliphatic heterocycles. The molecule has 4 rings (SSSR count). The number of carbonyl (C=O) groups is 2. The Morgan fingerprint density at radius 2 is 1.86 bits per heavy atom. The minimum Gasteiger partial charge on any atom is -0.326 e. The van der Waals surface area contributed by atoms with E-state index >= 15 is 0 Å². The average Bonchev–Trinajstić information content (AvgIpc) is 3.29. The molecule has 1 saturated carbocycles. The zero-order valence-electron chi connectivity index (χ0n) is 12.7. The van der Waals surface area contributed by atoms with Crippen LogP contribution >= 0.6 is 0 Å². The Balaban J connectivity index is 1.72. The zero-order chi connectivity index (χ0) is 15.4. The van der Waals surface area contributed by atoms with E-state index in [9.17, 15) is 9.59 Å². The fraction of sp³-hybridized carbons (Fsp3) is 0.471. The van der Waals surface area contributed by atoms with Crippen molar-refractivity contribution < 1.29 is 9.59 Å². The number of rotatable bonds is 1. The summed E-state index contributed by atoms with van der Waals surface area (Å²) in [7, 11) is 0. The predicted octanol–water partition coefficient (Wildman–Crippen LogP) is 2.24. The fourth-order valence-corrected chi connectivity index (χ4v) is 3.61. The number of anilines is 1. The van der Waals surface area contributed by atoms with Crippen molar-refractivity contribution in [3.05, 3.63) is 29.3 Å². The van der Waals surface area contributed by atoms with Crippen LogP contribution in [0.5, 0.6) is 0 Å². The van der Waals surface area contributed by atoms with Gasteiger partial charge in [0.1, 0.15) is 0 Å². The lowest BCUT2D eigenvalue weighted by molar-refractivity contribution is -0.122. The smallest absolute Gasteiger partial charge is 0.243 e. The standard InChI is InChI=1S/C17H19N3O2/c1-8-5-9(2)16(21)18-14-4-3-10(6-11(8)14)15-12-7-13(12)17(22)20-19-15/h3-4,6,8-9,12-13H,5,7H2,1-2H3,(H,18,21)(H,20,22). The monoisotopic (exact) mass is 297 g/mol. The second-order valence-corrected chi connectivity index (χ2v) is 6.75. The molecule has 1 aliphatic carbocycles. The van der Waals surface area contributed by atoms with Crippen LogP contribution in [-0.4, -0.2) is 17.5 Å². The summed E-state index contributed by atoms with van der Waals surface area (Å²) in [5, 5.41) is 7.27. The lowest BCUT2D eigenvalue weighted by atomic mass is 9.89. The van der Waals surface area contributed by atoms with Gasteiger partial charge in [0.2, 0.25) is 11.8 Å². The molecule has 2 heterocycles. The van der Waals surface area contributed by atoms with Crippen molar-refractivity contribution in [2.24, 2.45) is 22.9 Å². The molecule has 5 heteroatoms. The third-order valence-corrected chi connectivity index (χ3v) is 5.06. The van der Waals surface area contributed by atoms with Gasteiger partial charge >= 0.3 is 0 Å². The van der Waals surface area contributed by atoms with Crippen LogP contribution < -0.4 is 10.7 Å². The first-order valence-electron chi connectivity index (χ1n) is 7.87. The average molecular weight is 297 g/mol. The maximum atomic E-state index is 12.0. The molecule has 4 unspecified atom stereocenters. The molecule has 22 heavy (non-hydrogen) atoms. The molecular formula is C17H19N3O2. The Kier molecular flexibility index (Phi) is 2.86. The minimum atomic E-state index is 0.0185. The minimum absolute atomic E-state index is 0.0185. The molecular weight excluding hydrogens is 278 g/mol. The second kappa shape index (κ2) is 4.66. The van der Waals surface area contributed by atoms with Gasteiger partial charge in [0.05, 0.1) is 5.71 Å². The molecule has 2 amide bonds. The highest BCUT2D eigenvalue weighted by atomic mass is 16.2. The van der Waals surface area contributed by atoms with Gasteiger partial charge in [-0.15, -0.1) is 0 Å². The van der Waals surface area contributed by atoms with E-state index in [0.717, 1.165) is 35.4 Å². The van der Waals surface area contributed by atoms with Gasteiger partial charge in [0, 0.05) is 23.4 Å². The molecule has 114 valence electrons. The number of benzene rings is 1. The summed E-state index contributed by atoms with van der Waals surface area (Å²) in [6.07, 6.45) is 1.74. The Labute approximate surface area is 129 Å². The quantitative estimate of drug-likeness (QED) is 0.834. The van der Waals surface area contributed by atoms with Gasteiger partial charge in [-0.3, -0.25) is 9.59 Å². The molecule has 1 aromatic rings. The van der Waals surface area contributed by atoms with Crippen LogP contribution in [0.15, 0.2) is 23.3 Å². The van der Waals surface area contributed by atoms with Gasteiger partial charge in [-0.2, -0.15) is 5.10 Å². The van der Waals surface area contributed by atoms with Crippen molar-refractivity contribution in [3.63, 3.8) is 0 Å². The molecule has 1 aromatic carbocycles. The number of fused-ring (bicyclic) bond motifs is 2. The summed E-state index contributed by atoms with van der Waals surface area (Å²) in [6.45, 7) is 4.12. The summed E-state index contributed by atoms with van der Waals surface area (Å²) in [4.78, 5) is 23.6. The number of nitrogens with one attached hydrogen (secondary N) is 2. The highest BCUT2D eigenvalue weighted by Crippen LogP contribution is 2.44. The van der Waals surface area contributed by atoms with E-state index in [4.69, 9.17) is 0 Å². The number of hydrogen-bond acceptors (Lipinski definition) is 3. The van der Waals surface area contributed by atoms with Gasteiger partial charge < -0.3 is 5.32 Å². The van der Waals surface area contributed by atoms with E-state index in [1.54, 1.807) is 0 Å². The summed E-state index contributed by atoms with van der Waals surface area (Å²) in [5.41, 5.74) is 6.71. The topological polar surface area (TPSA) is 70.6 Å². The second-order valence-electron chi connectivity index (χ2n) is 6.75. The number of amides is 2. The third-order valence-electron chi connectivity index (χ3n) is 5.06. The Bertz CT molecular complexity index is 710. The van der Waals surface area contributed by atoms with Gasteiger partial charge in [-0.05, 0) is 42.0 Å². The predicted molar refractivity (Wildman–Crippen MR) is 83.5 cm³/mol. The van der Waals surface area contributed by atoms with Crippen LogP contribution in [0.2, 0.25) is 0 Å². The maximum Gasteiger partial charge on any atom is 0.243 e. The zero-order valence-corrected chi connectivity index (χ0v) is 12.7. The maximum absolute atomic E-state index is 12.0. The summed E-state index contributed by atoms with van der Waals surface area (Å²) in [5.74, 6) is 0.827. The third kappa shape index (κ3) is 2.03. The largest absolute Gasteiger partial charge is 0.326 e. The Hall–Kier alpha value is -2.17. The highest BCUT2D eigenvalue weighted by Gasteiger charge is 2.49. The van der Waals surface area contributed by atoms with Gasteiger partial charge in [0.15, 0.2) is 0 Å². The molecule has 2 N–H and O–H groups in total. The molecule has 0 radical (unpaired) electrons. The summed E-state index contributed by atoms with van der Waals surface area (Å²) < 4.78 is 0. The summed E-state index contributed by atoms with van der Waals surface area (Å²) >= 11 is 0. The SMILES string of the molecule is CC1CC(C)c2cc(C3=NNC(=O)C4CC34)ccc2NC1=O. The van der Waals surface area contributed by atoms with E-state index in [2.05, 4.69) is 28.8 Å². The lowest BCUT2D eigenvalue weighted by Gasteiger charge is -2.16. The van der Waals surface area contributed by atoms with Gasteiger partial charge in [0.25, 0.3) is 0 Å². The van der Waals surface area contributed by atoms with E-state index in [1.807, 2.05) is 19.1 Å². The fourth-order valence-electron chi connectivity index (χ4n) is 3.61. The van der Waals surface area contributed by atoms with E-state index in [1.165, 1.54) is 0 Å². The number of carbonyl (C=O) groups excluding carboxylic acids is 2. The lowest BCUT2D eigenvalue weighted by Crippen LogP contribution is -2.28. The first-order valence-corrected chi connectivity index (χ1v) is 7.87. The molecule has 3 aliphatic rings. The number of hydrazone groups is 1. The van der Waals surface area contributed by atoms with Crippen LogP contribution in [0.25, 0.3) is 0 Å². The molecule has 0 spiro atoms. The van der Waals surface area contributed by atoms with Gasteiger partial charge in [-0.1, -0.05) is 19.9 Å². The normalized spacial score (nSPS) is 32.9. The molecule has 0 bridgehead atoms. The Morgan fingerprint density at radius 3 is 2.68 bits per heavy atom. The van der Waals surface area contributed by atoms with Crippen LogP contribution in [0.1, 0.15) is 43.7 Å². The molecule has 5 nitrogen and oxygen atoms in total.